The third-order valence-electron chi connectivity index (χ3n) is 3.74. The number of anilines is 2. The molecule has 0 aliphatic carbocycles. The van der Waals surface area contributed by atoms with Gasteiger partial charge >= 0.3 is 5.97 Å². The standard InChI is InChI=1S/C17H15N3O3/c1-20(16(21)10-5-3-2-4-6-10)11-7-8-12-13(9-11)19-15(18)14(12)17(22)23/h2-9,19H,18H2,1H3,(H,22,23). The van der Waals surface area contributed by atoms with Crippen molar-refractivity contribution in [2.75, 3.05) is 17.7 Å². The highest BCUT2D eigenvalue weighted by atomic mass is 16.4. The average Bonchev–Trinajstić information content (AvgIpc) is 2.89. The number of aromatic nitrogens is 1. The molecule has 0 aliphatic rings. The lowest BCUT2D eigenvalue weighted by Crippen LogP contribution is -2.26. The number of nitrogens with one attached hydrogen (secondary N) is 1. The van der Waals surface area contributed by atoms with E-state index in [1.54, 1.807) is 49.5 Å². The second-order valence-electron chi connectivity index (χ2n) is 5.18. The number of aromatic amines is 1. The molecule has 23 heavy (non-hydrogen) atoms. The van der Waals surface area contributed by atoms with Gasteiger partial charge in [-0.2, -0.15) is 0 Å². The summed E-state index contributed by atoms with van der Waals surface area (Å²) in [5.41, 5.74) is 7.55. The number of hydrogen-bond acceptors (Lipinski definition) is 3. The predicted molar refractivity (Wildman–Crippen MR) is 88.8 cm³/mol. The topological polar surface area (TPSA) is 99.4 Å². The number of amides is 1. The highest BCUT2D eigenvalue weighted by Gasteiger charge is 2.18. The van der Waals surface area contributed by atoms with Gasteiger partial charge in [0.2, 0.25) is 0 Å². The zero-order valence-corrected chi connectivity index (χ0v) is 12.4. The number of nitrogen functional groups attached to an aromatic ring is 1. The fourth-order valence-corrected chi connectivity index (χ4v) is 2.54. The molecule has 0 bridgehead atoms. The molecular formula is C17H15N3O3. The number of benzene rings is 2. The van der Waals surface area contributed by atoms with E-state index in [2.05, 4.69) is 4.98 Å². The normalized spacial score (nSPS) is 10.7. The van der Waals surface area contributed by atoms with Gasteiger partial charge < -0.3 is 20.7 Å². The van der Waals surface area contributed by atoms with Crippen LogP contribution in [0.4, 0.5) is 11.5 Å². The maximum absolute atomic E-state index is 12.5. The van der Waals surface area contributed by atoms with Crippen LogP contribution in [-0.2, 0) is 0 Å². The van der Waals surface area contributed by atoms with Crippen molar-refractivity contribution in [3.05, 3.63) is 59.7 Å². The zero-order chi connectivity index (χ0) is 16.6. The molecule has 0 radical (unpaired) electrons. The number of hydrogen-bond donors (Lipinski definition) is 3. The zero-order valence-electron chi connectivity index (χ0n) is 12.4. The molecule has 0 atom stereocenters. The van der Waals surface area contributed by atoms with E-state index in [1.165, 1.54) is 4.90 Å². The fraction of sp³-hybridized carbons (Fsp3) is 0.0588. The molecule has 0 aliphatic heterocycles. The Morgan fingerprint density at radius 3 is 2.48 bits per heavy atom. The van der Waals surface area contributed by atoms with Crippen LogP contribution in [-0.4, -0.2) is 29.0 Å². The largest absolute Gasteiger partial charge is 0.478 e. The Labute approximate surface area is 132 Å². The number of aromatic carboxylic acids is 1. The molecule has 6 heteroatoms. The van der Waals surface area contributed by atoms with E-state index in [1.807, 2.05) is 6.07 Å². The number of fused-ring (bicyclic) bond motifs is 1. The monoisotopic (exact) mass is 309 g/mol. The number of nitrogens with two attached hydrogens (primary N) is 1. The Kier molecular flexibility index (Phi) is 3.50. The minimum absolute atomic E-state index is 0.0450. The number of H-pyrrole nitrogens is 1. The summed E-state index contributed by atoms with van der Waals surface area (Å²) in [6.45, 7) is 0. The van der Waals surface area contributed by atoms with Gasteiger partial charge in [0, 0.05) is 29.2 Å². The van der Waals surface area contributed by atoms with Crippen molar-refractivity contribution in [3.63, 3.8) is 0 Å². The van der Waals surface area contributed by atoms with Gasteiger partial charge in [-0.25, -0.2) is 4.79 Å². The van der Waals surface area contributed by atoms with E-state index in [9.17, 15) is 14.7 Å². The molecule has 0 fully saturated rings. The minimum atomic E-state index is -1.09. The first-order chi connectivity index (χ1) is 11.0. The van der Waals surface area contributed by atoms with Gasteiger partial charge in [-0.1, -0.05) is 18.2 Å². The summed E-state index contributed by atoms with van der Waals surface area (Å²) in [6, 6.07) is 14.0. The molecule has 116 valence electrons. The Balaban J connectivity index is 2.01. The summed E-state index contributed by atoms with van der Waals surface area (Å²) in [5.74, 6) is -1.14. The van der Waals surface area contributed by atoms with Crippen LogP contribution in [0.5, 0.6) is 0 Å². The van der Waals surface area contributed by atoms with Gasteiger partial charge in [-0.05, 0) is 30.3 Å². The molecule has 0 spiro atoms. The first-order valence-electron chi connectivity index (χ1n) is 6.96. The van der Waals surface area contributed by atoms with Crippen molar-refractivity contribution in [2.45, 2.75) is 0 Å². The van der Waals surface area contributed by atoms with Gasteiger partial charge in [0.25, 0.3) is 5.91 Å². The minimum Gasteiger partial charge on any atom is -0.478 e. The van der Waals surface area contributed by atoms with Gasteiger partial charge in [-0.15, -0.1) is 0 Å². The average molecular weight is 309 g/mol. The molecule has 3 aromatic rings. The molecule has 1 heterocycles. The summed E-state index contributed by atoms with van der Waals surface area (Å²) in [5, 5.41) is 9.72. The first-order valence-corrected chi connectivity index (χ1v) is 6.96. The van der Waals surface area contributed by atoms with E-state index in [0.29, 0.717) is 22.2 Å². The van der Waals surface area contributed by atoms with Crippen molar-refractivity contribution < 1.29 is 14.7 Å². The second-order valence-corrected chi connectivity index (χ2v) is 5.18. The van der Waals surface area contributed by atoms with E-state index >= 15 is 0 Å². The summed E-state index contributed by atoms with van der Waals surface area (Å²) in [7, 11) is 1.67. The number of carbonyl (C=O) groups excluding carboxylic acids is 1. The first kappa shape index (κ1) is 14.6. The van der Waals surface area contributed by atoms with Gasteiger partial charge in [-0.3, -0.25) is 4.79 Å². The smallest absolute Gasteiger partial charge is 0.340 e. The Morgan fingerprint density at radius 1 is 1.13 bits per heavy atom. The highest BCUT2D eigenvalue weighted by Crippen LogP contribution is 2.28. The molecule has 0 saturated heterocycles. The van der Waals surface area contributed by atoms with Crippen LogP contribution in [0.3, 0.4) is 0 Å². The van der Waals surface area contributed by atoms with Crippen LogP contribution in [0, 0.1) is 0 Å². The van der Waals surface area contributed by atoms with Gasteiger partial charge in [0.05, 0.1) is 0 Å². The van der Waals surface area contributed by atoms with E-state index < -0.39 is 5.97 Å². The fourth-order valence-electron chi connectivity index (χ4n) is 2.54. The van der Waals surface area contributed by atoms with Crippen LogP contribution in [0.25, 0.3) is 10.9 Å². The highest BCUT2D eigenvalue weighted by molar-refractivity contribution is 6.10. The number of carbonyl (C=O) groups is 2. The molecule has 2 aromatic carbocycles. The second kappa shape index (κ2) is 5.49. The predicted octanol–water partition coefficient (Wildman–Crippen LogP) is 2.72. The molecule has 1 amide bonds. The molecule has 4 N–H and O–H groups in total. The Bertz CT molecular complexity index is 900. The third-order valence-corrected chi connectivity index (χ3v) is 3.74. The Hall–Kier alpha value is -3.28. The maximum atomic E-state index is 12.5. The SMILES string of the molecule is CN(C(=O)c1ccccc1)c1ccc2c(C(=O)O)c(N)[nH]c2c1. The summed E-state index contributed by atoms with van der Waals surface area (Å²) < 4.78 is 0. The number of carboxylic acids is 1. The van der Waals surface area contributed by atoms with E-state index in [0.717, 1.165) is 0 Å². The lowest BCUT2D eigenvalue weighted by molar-refractivity contribution is 0.0700. The number of nitrogens with zero attached hydrogens (tertiary/aromatic N) is 1. The van der Waals surface area contributed by atoms with Crippen LogP contribution < -0.4 is 10.6 Å². The van der Waals surface area contributed by atoms with Crippen molar-refractivity contribution in [2.24, 2.45) is 0 Å². The summed E-state index contributed by atoms with van der Waals surface area (Å²) in [4.78, 5) is 28.1. The molecule has 1 aromatic heterocycles. The van der Waals surface area contributed by atoms with Crippen molar-refractivity contribution >= 4 is 34.3 Å². The Morgan fingerprint density at radius 2 is 1.83 bits per heavy atom. The van der Waals surface area contributed by atoms with Crippen LogP contribution >= 0.6 is 0 Å². The lowest BCUT2D eigenvalue weighted by Gasteiger charge is -2.17. The van der Waals surface area contributed by atoms with Crippen LogP contribution in [0.1, 0.15) is 20.7 Å². The van der Waals surface area contributed by atoms with Gasteiger partial charge in [0.15, 0.2) is 0 Å². The van der Waals surface area contributed by atoms with Crippen LogP contribution in [0.15, 0.2) is 48.5 Å². The molecule has 3 rings (SSSR count). The molecule has 6 nitrogen and oxygen atoms in total. The van der Waals surface area contributed by atoms with Gasteiger partial charge in [0.1, 0.15) is 11.4 Å². The van der Waals surface area contributed by atoms with Crippen molar-refractivity contribution in [1.29, 1.82) is 0 Å². The quantitative estimate of drug-likeness (QED) is 0.692. The summed E-state index contributed by atoms with van der Waals surface area (Å²) >= 11 is 0. The van der Waals surface area contributed by atoms with E-state index in [-0.39, 0.29) is 17.3 Å². The van der Waals surface area contributed by atoms with Crippen molar-refractivity contribution in [1.82, 2.24) is 4.98 Å². The summed E-state index contributed by atoms with van der Waals surface area (Å²) in [6.07, 6.45) is 0. The third kappa shape index (κ3) is 2.50. The maximum Gasteiger partial charge on any atom is 0.340 e. The number of carboxylic acid groups (broad SMARTS) is 1. The van der Waals surface area contributed by atoms with Crippen LogP contribution in [0.2, 0.25) is 0 Å². The molecule has 0 saturated carbocycles. The van der Waals surface area contributed by atoms with E-state index in [4.69, 9.17) is 5.73 Å². The lowest BCUT2D eigenvalue weighted by atomic mass is 10.1. The molecule has 0 unspecified atom stereocenters. The van der Waals surface area contributed by atoms with Crippen molar-refractivity contribution in [3.8, 4) is 0 Å². The number of rotatable bonds is 3. The molecular weight excluding hydrogens is 294 g/mol.